The number of carbonyl (C=O) groups excluding carboxylic acids is 2. The van der Waals surface area contributed by atoms with E-state index in [1.165, 1.54) is 16.7 Å². The quantitative estimate of drug-likeness (QED) is 0.280. The fourth-order valence-corrected chi connectivity index (χ4v) is 5.83. The van der Waals surface area contributed by atoms with Crippen molar-refractivity contribution in [2.45, 2.75) is 46.8 Å². The third kappa shape index (κ3) is 5.62. The topological polar surface area (TPSA) is 100 Å². The molecule has 0 spiro atoms. The summed E-state index contributed by atoms with van der Waals surface area (Å²) >= 11 is 1.16. The highest BCUT2D eigenvalue weighted by atomic mass is 32.1. The van der Waals surface area contributed by atoms with Crippen molar-refractivity contribution < 1.29 is 27.9 Å². The second-order valence-electron chi connectivity index (χ2n) is 10.0. The van der Waals surface area contributed by atoms with E-state index in [0.717, 1.165) is 22.5 Å². The first kappa shape index (κ1) is 28.9. The van der Waals surface area contributed by atoms with Crippen LogP contribution in [0.1, 0.15) is 61.0 Å². The predicted octanol–water partition coefficient (Wildman–Crippen LogP) is 5.07. The molecule has 0 saturated carbocycles. The molecule has 216 valence electrons. The summed E-state index contributed by atoms with van der Waals surface area (Å²) in [6.07, 6.45) is 1.41. The van der Waals surface area contributed by atoms with E-state index in [4.69, 9.17) is 13.9 Å². The molecule has 2 aromatic carbocycles. The van der Waals surface area contributed by atoms with Gasteiger partial charge in [-0.05, 0) is 82.1 Å². The van der Waals surface area contributed by atoms with Gasteiger partial charge >= 0.3 is 11.9 Å². The van der Waals surface area contributed by atoms with Crippen LogP contribution in [0.25, 0.3) is 17.4 Å². The number of rotatable bonds is 7. The third-order valence-electron chi connectivity index (χ3n) is 6.67. The van der Waals surface area contributed by atoms with Crippen molar-refractivity contribution in [3.05, 3.63) is 114 Å². The van der Waals surface area contributed by atoms with Crippen LogP contribution in [-0.4, -0.2) is 29.2 Å². The molecule has 5 rings (SSSR count). The molecule has 0 bridgehead atoms. The third-order valence-corrected chi connectivity index (χ3v) is 7.66. The maximum Gasteiger partial charge on any atom is 0.338 e. The summed E-state index contributed by atoms with van der Waals surface area (Å²) in [5.41, 5.74) is 2.90. The highest BCUT2D eigenvalue weighted by Gasteiger charge is 2.33. The van der Waals surface area contributed by atoms with Crippen molar-refractivity contribution in [2.75, 3.05) is 6.61 Å². The van der Waals surface area contributed by atoms with Gasteiger partial charge in [0, 0.05) is 11.6 Å². The van der Waals surface area contributed by atoms with Crippen LogP contribution in [0, 0.1) is 12.7 Å². The van der Waals surface area contributed by atoms with Crippen LogP contribution >= 0.6 is 11.3 Å². The summed E-state index contributed by atoms with van der Waals surface area (Å²) in [6.45, 7) is 9.01. The summed E-state index contributed by atoms with van der Waals surface area (Å²) in [5, 5.41) is 0. The molecule has 0 N–H and O–H groups in total. The average molecular weight is 589 g/mol. The van der Waals surface area contributed by atoms with E-state index in [1.807, 2.05) is 6.92 Å². The van der Waals surface area contributed by atoms with Crippen LogP contribution in [0.2, 0.25) is 0 Å². The zero-order valence-corrected chi connectivity index (χ0v) is 24.6. The fourth-order valence-electron chi connectivity index (χ4n) is 4.81. The summed E-state index contributed by atoms with van der Waals surface area (Å²) < 4.78 is 32.2. The number of ether oxygens (including phenoxy) is 2. The molecule has 0 fully saturated rings. The number of halogens is 1. The van der Waals surface area contributed by atoms with Gasteiger partial charge in [-0.25, -0.2) is 19.0 Å². The highest BCUT2D eigenvalue weighted by Crippen LogP contribution is 2.31. The van der Waals surface area contributed by atoms with E-state index in [2.05, 4.69) is 4.99 Å². The molecular weight excluding hydrogens is 559 g/mol. The number of esters is 2. The average Bonchev–Trinajstić information content (AvgIpc) is 3.52. The van der Waals surface area contributed by atoms with Crippen molar-refractivity contribution >= 4 is 29.4 Å². The maximum absolute atomic E-state index is 13.8. The summed E-state index contributed by atoms with van der Waals surface area (Å²) in [7, 11) is 0. The molecule has 0 aliphatic carbocycles. The van der Waals surface area contributed by atoms with Crippen molar-refractivity contribution in [3.63, 3.8) is 0 Å². The van der Waals surface area contributed by atoms with E-state index in [9.17, 15) is 18.8 Å². The lowest BCUT2D eigenvalue weighted by molar-refractivity contribution is -0.139. The van der Waals surface area contributed by atoms with Gasteiger partial charge < -0.3 is 13.9 Å². The van der Waals surface area contributed by atoms with Crippen LogP contribution in [-0.2, 0) is 14.3 Å². The summed E-state index contributed by atoms with van der Waals surface area (Å²) in [5.74, 6) is -0.400. The number of allylic oxidation sites excluding steroid dienone is 1. The number of hydrogen-bond donors (Lipinski definition) is 0. The predicted molar refractivity (Wildman–Crippen MR) is 156 cm³/mol. The highest BCUT2D eigenvalue weighted by molar-refractivity contribution is 7.07. The Morgan fingerprint density at radius 3 is 2.50 bits per heavy atom. The van der Waals surface area contributed by atoms with E-state index in [-0.39, 0.29) is 23.8 Å². The Morgan fingerprint density at radius 1 is 1.10 bits per heavy atom. The van der Waals surface area contributed by atoms with Gasteiger partial charge in [-0.1, -0.05) is 29.5 Å². The molecule has 8 nitrogen and oxygen atoms in total. The minimum atomic E-state index is -0.834. The Balaban J connectivity index is 1.54. The van der Waals surface area contributed by atoms with Crippen LogP contribution in [0.3, 0.4) is 0 Å². The van der Waals surface area contributed by atoms with Gasteiger partial charge in [-0.2, -0.15) is 0 Å². The fraction of sp³-hybridized carbons (Fsp3) is 0.250. The smallest absolute Gasteiger partial charge is 0.338 e. The molecule has 1 aliphatic rings. The number of aromatic nitrogens is 1. The largest absolute Gasteiger partial charge is 0.463 e. The molecule has 1 aliphatic heterocycles. The monoisotopic (exact) mass is 588 g/mol. The Bertz CT molecular complexity index is 1900. The number of hydrogen-bond acceptors (Lipinski definition) is 8. The molecule has 4 aromatic rings. The number of aryl methyl sites for hydroxylation is 1. The van der Waals surface area contributed by atoms with Crippen molar-refractivity contribution in [3.8, 4) is 11.3 Å². The first-order valence-electron chi connectivity index (χ1n) is 13.4. The minimum Gasteiger partial charge on any atom is -0.463 e. The zero-order chi connectivity index (χ0) is 30.1. The van der Waals surface area contributed by atoms with E-state index in [1.54, 1.807) is 76.2 Å². The normalized spacial score (nSPS) is 15.0. The Labute approximate surface area is 245 Å². The first-order chi connectivity index (χ1) is 20.1. The zero-order valence-electron chi connectivity index (χ0n) is 23.8. The van der Waals surface area contributed by atoms with Crippen LogP contribution < -0.4 is 14.9 Å². The van der Waals surface area contributed by atoms with E-state index < -0.39 is 23.8 Å². The lowest BCUT2D eigenvalue weighted by Crippen LogP contribution is -2.39. The SMILES string of the molecule is CCOC(=O)C1=C(C)N=c2s/c(=C/c3ccc(-c4ccc(C(=O)OC(C)C)cc4C)o3)c(=O)n2[C@H]1c1ccc(F)cc1. The summed E-state index contributed by atoms with van der Waals surface area (Å²) in [4.78, 5) is 44.0. The Morgan fingerprint density at radius 2 is 1.83 bits per heavy atom. The number of furan rings is 1. The molecule has 42 heavy (non-hydrogen) atoms. The minimum absolute atomic E-state index is 0.154. The van der Waals surface area contributed by atoms with E-state index in [0.29, 0.717) is 37.7 Å². The number of fused-ring (bicyclic) bond motifs is 1. The second-order valence-corrected chi connectivity index (χ2v) is 11.0. The summed E-state index contributed by atoms with van der Waals surface area (Å²) in [6, 6.07) is 13.6. The van der Waals surface area contributed by atoms with Crippen molar-refractivity contribution in [1.82, 2.24) is 4.57 Å². The second kappa shape index (κ2) is 11.7. The van der Waals surface area contributed by atoms with Gasteiger partial charge in [0.15, 0.2) is 4.80 Å². The molecule has 10 heteroatoms. The molecule has 1 atom stereocenters. The number of nitrogens with zero attached hydrogens (tertiary/aromatic N) is 2. The molecule has 2 aromatic heterocycles. The number of benzene rings is 2. The standard InChI is InChI=1S/C32H29FN2O6S/c1-6-39-31(38)27-19(5)34-32-35(28(27)20-7-10-22(33)11-8-20)29(36)26(42-32)16-23-12-14-25(41-23)24-13-9-21(15-18(24)4)30(37)40-17(2)3/h7-17,28H,6H2,1-5H3/b26-16+/t28-/m0/s1. The lowest BCUT2D eigenvalue weighted by Gasteiger charge is -2.24. The van der Waals surface area contributed by atoms with Gasteiger partial charge in [0.1, 0.15) is 17.3 Å². The molecule has 3 heterocycles. The number of carbonyl (C=O) groups is 2. The van der Waals surface area contributed by atoms with Gasteiger partial charge in [-0.3, -0.25) is 9.36 Å². The Kier molecular flexibility index (Phi) is 8.08. The van der Waals surface area contributed by atoms with Crippen LogP contribution in [0.15, 0.2) is 80.1 Å². The van der Waals surface area contributed by atoms with Crippen molar-refractivity contribution in [2.24, 2.45) is 4.99 Å². The molecule has 0 radical (unpaired) electrons. The van der Waals surface area contributed by atoms with Gasteiger partial charge in [-0.15, -0.1) is 0 Å². The van der Waals surface area contributed by atoms with Crippen LogP contribution in [0.4, 0.5) is 4.39 Å². The van der Waals surface area contributed by atoms with Gasteiger partial charge in [0.25, 0.3) is 5.56 Å². The van der Waals surface area contributed by atoms with Crippen molar-refractivity contribution in [1.29, 1.82) is 0 Å². The molecular formula is C32H29FN2O6S. The molecule has 0 saturated heterocycles. The number of thiazole rings is 1. The molecule has 0 unspecified atom stereocenters. The first-order valence-corrected chi connectivity index (χ1v) is 14.3. The maximum atomic E-state index is 13.8. The lowest BCUT2D eigenvalue weighted by atomic mass is 9.96. The Hall–Kier alpha value is -4.57. The van der Waals surface area contributed by atoms with Gasteiger partial charge in [0.2, 0.25) is 0 Å². The van der Waals surface area contributed by atoms with E-state index >= 15 is 0 Å². The molecule has 0 amide bonds. The van der Waals surface area contributed by atoms with Crippen LogP contribution in [0.5, 0.6) is 0 Å². The van der Waals surface area contributed by atoms with Gasteiger partial charge in [0.05, 0.1) is 40.1 Å².